The molecule has 0 saturated carbocycles. The van der Waals surface area contributed by atoms with Crippen molar-refractivity contribution in [2.45, 2.75) is 6.18 Å². The van der Waals surface area contributed by atoms with Gasteiger partial charge in [-0.3, -0.25) is 4.79 Å². The van der Waals surface area contributed by atoms with Crippen LogP contribution in [0.3, 0.4) is 0 Å². The second-order valence-corrected chi connectivity index (χ2v) is 4.98. The first-order valence-electron chi connectivity index (χ1n) is 6.78. The lowest BCUT2D eigenvalue weighted by molar-refractivity contribution is -0.140. The van der Waals surface area contributed by atoms with Gasteiger partial charge in [-0.2, -0.15) is 13.2 Å². The van der Waals surface area contributed by atoms with Crippen molar-refractivity contribution < 1.29 is 22.7 Å². The number of aromatic amines is 1. The number of halogens is 3. The van der Waals surface area contributed by atoms with Crippen LogP contribution in [0.4, 0.5) is 13.2 Å². The Bertz CT molecular complexity index is 881. The van der Waals surface area contributed by atoms with Gasteiger partial charge in [0, 0.05) is 16.5 Å². The molecule has 1 N–H and O–H groups in total. The van der Waals surface area contributed by atoms with Gasteiger partial charge in [0.05, 0.1) is 12.7 Å². The summed E-state index contributed by atoms with van der Waals surface area (Å²) in [4.78, 5) is 15.0. The van der Waals surface area contributed by atoms with Crippen molar-refractivity contribution in [1.29, 1.82) is 0 Å². The molecule has 0 saturated heterocycles. The van der Waals surface area contributed by atoms with Crippen LogP contribution in [0.1, 0.15) is 21.6 Å². The fourth-order valence-electron chi connectivity index (χ4n) is 2.50. The van der Waals surface area contributed by atoms with Crippen molar-refractivity contribution in [3.63, 3.8) is 0 Å². The zero-order valence-corrected chi connectivity index (χ0v) is 12.1. The number of methoxy groups -OCH3 is 1. The van der Waals surface area contributed by atoms with Gasteiger partial charge in [-0.15, -0.1) is 0 Å². The maximum atomic E-state index is 13.3. The Balaban J connectivity index is 2.23. The molecule has 0 aliphatic rings. The highest BCUT2D eigenvalue weighted by Crippen LogP contribution is 2.36. The quantitative estimate of drug-likeness (QED) is 0.726. The number of carbonyl (C=O) groups is 1. The number of rotatable bonds is 3. The average Bonchev–Trinajstić information content (AvgIpc) is 2.94. The molecule has 23 heavy (non-hydrogen) atoms. The van der Waals surface area contributed by atoms with E-state index in [1.165, 1.54) is 31.4 Å². The van der Waals surface area contributed by atoms with Crippen molar-refractivity contribution >= 4 is 16.7 Å². The average molecular weight is 319 g/mol. The maximum Gasteiger partial charge on any atom is 0.432 e. The molecule has 3 aromatic rings. The fraction of sp³-hybridized carbons (Fsp3) is 0.118. The van der Waals surface area contributed by atoms with Gasteiger partial charge in [0.1, 0.15) is 11.4 Å². The molecular weight excluding hydrogens is 307 g/mol. The molecule has 0 fully saturated rings. The third kappa shape index (κ3) is 2.67. The SMILES string of the molecule is COc1cccc(C(=O)c2c(C(F)(F)F)[nH]c3ccccc23)c1. The molecule has 0 amide bonds. The van der Waals surface area contributed by atoms with Gasteiger partial charge in [-0.05, 0) is 18.2 Å². The van der Waals surface area contributed by atoms with E-state index in [1.54, 1.807) is 24.3 Å². The molecule has 118 valence electrons. The van der Waals surface area contributed by atoms with E-state index >= 15 is 0 Å². The first-order valence-corrected chi connectivity index (χ1v) is 6.78. The molecule has 3 nitrogen and oxygen atoms in total. The number of hydrogen-bond acceptors (Lipinski definition) is 2. The van der Waals surface area contributed by atoms with Gasteiger partial charge >= 0.3 is 6.18 Å². The van der Waals surface area contributed by atoms with Crippen molar-refractivity contribution in [3.8, 4) is 5.75 Å². The molecule has 0 aliphatic carbocycles. The van der Waals surface area contributed by atoms with E-state index < -0.39 is 17.7 Å². The van der Waals surface area contributed by atoms with Gasteiger partial charge in [0.2, 0.25) is 0 Å². The summed E-state index contributed by atoms with van der Waals surface area (Å²) in [6.45, 7) is 0. The first kappa shape index (κ1) is 15.1. The van der Waals surface area contributed by atoms with E-state index in [0.717, 1.165) is 0 Å². The molecule has 0 bridgehead atoms. The van der Waals surface area contributed by atoms with Crippen molar-refractivity contribution in [2.24, 2.45) is 0 Å². The summed E-state index contributed by atoms with van der Waals surface area (Å²) in [6.07, 6.45) is -4.65. The number of carbonyl (C=O) groups excluding carboxylic acids is 1. The summed E-state index contributed by atoms with van der Waals surface area (Å²) in [5, 5.41) is 0.243. The minimum Gasteiger partial charge on any atom is -0.497 e. The molecular formula is C17H12F3NO2. The van der Waals surface area contributed by atoms with Crippen LogP contribution in [0.15, 0.2) is 48.5 Å². The van der Waals surface area contributed by atoms with Crippen molar-refractivity contribution in [1.82, 2.24) is 4.98 Å². The van der Waals surface area contributed by atoms with Crippen LogP contribution in [0, 0.1) is 0 Å². The van der Waals surface area contributed by atoms with Gasteiger partial charge in [-0.25, -0.2) is 0 Å². The largest absolute Gasteiger partial charge is 0.497 e. The highest BCUT2D eigenvalue weighted by molar-refractivity contribution is 6.17. The van der Waals surface area contributed by atoms with Crippen LogP contribution in [-0.4, -0.2) is 17.9 Å². The molecule has 0 unspecified atom stereocenters. The monoisotopic (exact) mass is 319 g/mol. The molecule has 3 rings (SSSR count). The van der Waals surface area contributed by atoms with Crippen LogP contribution in [0.5, 0.6) is 5.75 Å². The van der Waals surface area contributed by atoms with Crippen LogP contribution >= 0.6 is 0 Å². The van der Waals surface area contributed by atoms with Crippen molar-refractivity contribution in [2.75, 3.05) is 7.11 Å². The lowest BCUT2D eigenvalue weighted by Gasteiger charge is -2.08. The summed E-state index contributed by atoms with van der Waals surface area (Å²) in [7, 11) is 1.43. The lowest BCUT2D eigenvalue weighted by atomic mass is 9.99. The highest BCUT2D eigenvalue weighted by atomic mass is 19.4. The summed E-state index contributed by atoms with van der Waals surface area (Å²) in [6, 6.07) is 12.3. The number of hydrogen-bond donors (Lipinski definition) is 1. The summed E-state index contributed by atoms with van der Waals surface area (Å²) in [5.41, 5.74) is -1.00. The van der Waals surface area contributed by atoms with Crippen LogP contribution in [-0.2, 0) is 6.18 Å². The second-order valence-electron chi connectivity index (χ2n) is 4.98. The number of ether oxygens (including phenoxy) is 1. The molecule has 0 spiro atoms. The van der Waals surface area contributed by atoms with E-state index in [1.807, 2.05) is 0 Å². The highest BCUT2D eigenvalue weighted by Gasteiger charge is 2.38. The molecule has 1 heterocycles. The second kappa shape index (κ2) is 5.46. The standard InChI is InChI=1S/C17H12F3NO2/c1-23-11-6-4-5-10(9-11)15(22)14-12-7-2-3-8-13(12)21-16(14)17(18,19)20/h2-9,21H,1H3. The number of nitrogens with one attached hydrogen (secondary N) is 1. The predicted octanol–water partition coefficient (Wildman–Crippen LogP) is 4.43. The Labute approximate surface area is 129 Å². The van der Waals surface area contributed by atoms with Gasteiger partial charge in [0.25, 0.3) is 0 Å². The number of fused-ring (bicyclic) bond motifs is 1. The van der Waals surface area contributed by atoms with Crippen LogP contribution < -0.4 is 4.74 Å². The summed E-state index contributed by atoms with van der Waals surface area (Å²) < 4.78 is 44.9. The lowest BCUT2D eigenvalue weighted by Crippen LogP contribution is -2.13. The first-order chi connectivity index (χ1) is 10.9. The Morgan fingerprint density at radius 1 is 1.09 bits per heavy atom. The van der Waals surface area contributed by atoms with E-state index in [2.05, 4.69) is 4.98 Å². The molecule has 0 aliphatic heterocycles. The van der Waals surface area contributed by atoms with Crippen LogP contribution in [0.25, 0.3) is 10.9 Å². The number of ketones is 1. The Morgan fingerprint density at radius 3 is 2.52 bits per heavy atom. The third-order valence-corrected chi connectivity index (χ3v) is 3.55. The summed E-state index contributed by atoms with van der Waals surface area (Å²) in [5.74, 6) is -0.294. The third-order valence-electron chi connectivity index (χ3n) is 3.55. The number of alkyl halides is 3. The normalized spacial score (nSPS) is 11.7. The number of benzene rings is 2. The van der Waals surface area contributed by atoms with Gasteiger partial charge in [-0.1, -0.05) is 30.3 Å². The van der Waals surface area contributed by atoms with E-state index in [9.17, 15) is 18.0 Å². The van der Waals surface area contributed by atoms with Crippen molar-refractivity contribution in [3.05, 3.63) is 65.4 Å². The summed E-state index contributed by atoms with van der Waals surface area (Å²) >= 11 is 0. The Morgan fingerprint density at radius 2 is 1.83 bits per heavy atom. The minimum absolute atomic E-state index is 0.139. The zero-order valence-electron chi connectivity index (χ0n) is 12.1. The predicted molar refractivity (Wildman–Crippen MR) is 79.7 cm³/mol. The number of aromatic nitrogens is 1. The van der Waals surface area contributed by atoms with Gasteiger partial charge < -0.3 is 9.72 Å². The maximum absolute atomic E-state index is 13.3. The minimum atomic E-state index is -4.65. The van der Waals surface area contributed by atoms with E-state index in [0.29, 0.717) is 5.75 Å². The smallest absolute Gasteiger partial charge is 0.432 e. The van der Waals surface area contributed by atoms with E-state index in [4.69, 9.17) is 4.74 Å². The fourth-order valence-corrected chi connectivity index (χ4v) is 2.50. The molecule has 2 aromatic carbocycles. The molecule has 6 heteroatoms. The topological polar surface area (TPSA) is 42.1 Å². The molecule has 1 aromatic heterocycles. The Kier molecular flexibility index (Phi) is 3.60. The zero-order chi connectivity index (χ0) is 16.6. The number of para-hydroxylation sites is 1. The van der Waals surface area contributed by atoms with Crippen LogP contribution in [0.2, 0.25) is 0 Å². The van der Waals surface area contributed by atoms with Gasteiger partial charge in [0.15, 0.2) is 5.78 Å². The number of H-pyrrole nitrogens is 1. The molecule has 0 radical (unpaired) electrons. The molecule has 0 atom stereocenters. The Hall–Kier alpha value is -2.76. The van der Waals surface area contributed by atoms with E-state index in [-0.39, 0.29) is 22.0 Å².